The summed E-state index contributed by atoms with van der Waals surface area (Å²) in [5, 5.41) is 15.6. The second-order valence-corrected chi connectivity index (χ2v) is 3.87. The van der Waals surface area contributed by atoms with Crippen molar-refractivity contribution in [3.63, 3.8) is 0 Å². The van der Waals surface area contributed by atoms with Gasteiger partial charge in [0.25, 0.3) is 0 Å². The number of methoxy groups -OCH3 is 1. The number of allylic oxidation sites excluding steroid dienone is 1. The summed E-state index contributed by atoms with van der Waals surface area (Å²) in [5.41, 5.74) is 0.817. The molecule has 1 aliphatic heterocycles. The minimum Gasteiger partial charge on any atom is -0.615 e. The number of hydrogen-bond acceptors (Lipinski definition) is 5. The average Bonchev–Trinajstić information content (AvgIpc) is 2.95. The predicted molar refractivity (Wildman–Crippen MR) is 57.4 cm³/mol. The van der Waals surface area contributed by atoms with E-state index in [1.165, 1.54) is 0 Å². The number of rotatable bonds is 3. The molecule has 10 heteroatoms. The quantitative estimate of drug-likeness (QED) is 0.389. The Bertz CT molecular complexity index is 618. The van der Waals surface area contributed by atoms with Crippen LogP contribution in [-0.4, -0.2) is 18.3 Å². The Morgan fingerprint density at radius 2 is 1.67 bits per heavy atom. The van der Waals surface area contributed by atoms with E-state index in [4.69, 9.17) is 0 Å². The maximum absolute atomic E-state index is 13.5. The van der Waals surface area contributed by atoms with Crippen molar-refractivity contribution in [2.45, 2.75) is 6.54 Å². The van der Waals surface area contributed by atoms with Crippen LogP contribution in [0.15, 0.2) is 16.7 Å². The molecule has 0 radical (unpaired) electrons. The molecule has 0 spiro atoms. The lowest BCUT2D eigenvalue weighted by atomic mass is 10.1. The summed E-state index contributed by atoms with van der Waals surface area (Å²) in [7, 11) is 1.05. The Kier molecular flexibility index (Phi) is 3.87. The van der Waals surface area contributed by atoms with Crippen LogP contribution in [-0.2, 0) is 11.3 Å². The number of hydrazone groups is 1. The summed E-state index contributed by atoms with van der Waals surface area (Å²) >= 11 is 0. The van der Waals surface area contributed by atoms with Gasteiger partial charge in [0.2, 0.25) is 5.82 Å². The second-order valence-electron chi connectivity index (χ2n) is 3.87. The summed E-state index contributed by atoms with van der Waals surface area (Å²) in [4.78, 5) is 0. The first kappa shape index (κ1) is 14.9. The van der Waals surface area contributed by atoms with E-state index < -0.39 is 47.1 Å². The molecule has 1 heterocycles. The summed E-state index contributed by atoms with van der Waals surface area (Å²) < 4.78 is 70.5. The number of nitrogens with zero attached hydrogens (tertiary/aromatic N) is 2. The average molecular weight is 308 g/mol. The van der Waals surface area contributed by atoms with E-state index in [0.29, 0.717) is 0 Å². The van der Waals surface area contributed by atoms with Crippen LogP contribution in [0.3, 0.4) is 0 Å². The number of hydrazine groups is 1. The summed E-state index contributed by atoms with van der Waals surface area (Å²) in [6.45, 7) is -0.823. The van der Waals surface area contributed by atoms with Crippen LogP contribution in [0.25, 0.3) is 0 Å². The molecule has 0 atom stereocenters. The van der Waals surface area contributed by atoms with Crippen molar-refractivity contribution in [1.29, 1.82) is 0 Å². The highest BCUT2D eigenvalue weighted by Crippen LogP contribution is 2.25. The van der Waals surface area contributed by atoms with Crippen molar-refractivity contribution in [3.8, 4) is 0 Å². The third kappa shape index (κ3) is 2.43. The van der Waals surface area contributed by atoms with Gasteiger partial charge in [-0.2, -0.15) is 5.10 Å². The molecule has 0 amide bonds. The van der Waals surface area contributed by atoms with Crippen LogP contribution in [0, 0.1) is 29.1 Å². The highest BCUT2D eigenvalue weighted by atomic mass is 19.2. The molecule has 1 aliphatic rings. The number of halogens is 5. The lowest BCUT2D eigenvalue weighted by Crippen LogP contribution is -2.32. The van der Waals surface area contributed by atoms with Crippen molar-refractivity contribution in [1.82, 2.24) is 10.5 Å². The summed E-state index contributed by atoms with van der Waals surface area (Å²) in [5.74, 6) is -11.2. The normalized spacial score (nSPS) is 16.2. The molecule has 21 heavy (non-hydrogen) atoms. The number of benzene rings is 1. The van der Waals surface area contributed by atoms with Crippen LogP contribution in [0.1, 0.15) is 5.56 Å². The molecule has 0 fully saturated rings. The maximum Gasteiger partial charge on any atom is 0.200 e. The van der Waals surface area contributed by atoms with Gasteiger partial charge in [-0.1, -0.05) is 0 Å². The van der Waals surface area contributed by atoms with Gasteiger partial charge in [-0.3, -0.25) is 5.01 Å². The fourth-order valence-corrected chi connectivity index (χ4v) is 1.62. The Balaban J connectivity index is 2.42. The molecule has 0 aromatic heterocycles. The Hall–Kier alpha value is -2.52. The van der Waals surface area contributed by atoms with Gasteiger partial charge in [0.1, 0.15) is 5.70 Å². The van der Waals surface area contributed by atoms with Gasteiger partial charge in [-0.05, 0) is 7.11 Å². The lowest BCUT2D eigenvalue weighted by Gasteiger charge is -2.23. The molecule has 1 aromatic carbocycles. The summed E-state index contributed by atoms with van der Waals surface area (Å²) in [6, 6.07) is 0. The molecule has 5 nitrogen and oxygen atoms in total. The molecule has 1 aromatic rings. The maximum atomic E-state index is 13.5. The minimum absolute atomic E-state index is 0.249. The first-order valence-electron chi connectivity index (χ1n) is 5.40. The van der Waals surface area contributed by atoms with E-state index in [1.807, 2.05) is 0 Å². The highest BCUT2D eigenvalue weighted by Gasteiger charge is 2.28. The largest absolute Gasteiger partial charge is 0.615 e. The van der Waals surface area contributed by atoms with E-state index in [2.05, 4.69) is 15.4 Å². The fourth-order valence-electron chi connectivity index (χ4n) is 1.62. The molecule has 1 N–H and O–H groups in total. The molecule has 0 bridgehead atoms. The van der Waals surface area contributed by atoms with Crippen LogP contribution in [0.2, 0.25) is 0 Å². The first-order valence-corrected chi connectivity index (χ1v) is 5.40. The molecule has 0 unspecified atom stereocenters. The van der Waals surface area contributed by atoms with Gasteiger partial charge in [0.15, 0.2) is 23.3 Å². The minimum atomic E-state index is -2.25. The van der Waals surface area contributed by atoms with Crippen molar-refractivity contribution in [2.24, 2.45) is 5.10 Å². The van der Waals surface area contributed by atoms with Gasteiger partial charge in [-0.15, -0.1) is 0 Å². The number of hydrogen-bond donors (Lipinski definition) is 1. The van der Waals surface area contributed by atoms with Crippen molar-refractivity contribution in [3.05, 3.63) is 46.3 Å². The number of nitrogens with one attached hydrogen (secondary N) is 1. The highest BCUT2D eigenvalue weighted by molar-refractivity contribution is 5.79. The van der Waals surface area contributed by atoms with Gasteiger partial charge in [0, 0.05) is 0 Å². The molecule has 2 rings (SSSR count). The third-order valence-corrected chi connectivity index (χ3v) is 2.67. The van der Waals surface area contributed by atoms with E-state index >= 15 is 0 Å². The van der Waals surface area contributed by atoms with E-state index in [-0.39, 0.29) is 5.70 Å². The van der Waals surface area contributed by atoms with E-state index in [0.717, 1.165) is 18.3 Å². The van der Waals surface area contributed by atoms with Gasteiger partial charge >= 0.3 is 0 Å². The van der Waals surface area contributed by atoms with Crippen molar-refractivity contribution >= 4 is 6.21 Å². The third-order valence-electron chi connectivity index (χ3n) is 2.67. The summed E-state index contributed by atoms with van der Waals surface area (Å²) in [6.07, 6.45) is 0.984. The topological polar surface area (TPSA) is 59.9 Å². The monoisotopic (exact) mass is 308 g/mol. The van der Waals surface area contributed by atoms with Gasteiger partial charge < -0.3 is 9.84 Å². The molecular formula is C11H7F5N3O2-. The van der Waals surface area contributed by atoms with E-state index in [9.17, 15) is 27.1 Å². The Morgan fingerprint density at radius 3 is 2.19 bits per heavy atom. The van der Waals surface area contributed by atoms with Crippen LogP contribution in [0.4, 0.5) is 22.0 Å². The molecule has 0 saturated heterocycles. The molecule has 0 saturated carbocycles. The Morgan fingerprint density at radius 1 is 1.14 bits per heavy atom. The van der Waals surface area contributed by atoms with Crippen molar-refractivity contribution < 1.29 is 31.8 Å². The molecular weight excluding hydrogens is 301 g/mol. The zero-order valence-corrected chi connectivity index (χ0v) is 10.4. The SMILES string of the molecule is COC([O-])=C1C=NNN1Cc1c(F)c(F)c(F)c(F)c1F. The molecule has 0 aliphatic carbocycles. The van der Waals surface area contributed by atoms with Crippen LogP contribution >= 0.6 is 0 Å². The Labute approximate surface area is 114 Å². The second kappa shape index (κ2) is 5.46. The fraction of sp³-hybridized carbons (Fsp3) is 0.182. The zero-order valence-electron chi connectivity index (χ0n) is 10.4. The van der Waals surface area contributed by atoms with Gasteiger partial charge in [0.05, 0.1) is 24.3 Å². The standard InChI is InChI=1S/C11H8F5N3O2/c1-21-11(20)5-2-17-18-19(5)3-4-6(12)8(14)10(16)9(15)7(4)13/h2,18,20H,3H2,1H3/p-1. The van der Waals surface area contributed by atoms with E-state index in [1.54, 1.807) is 0 Å². The first-order chi connectivity index (χ1) is 9.88. The lowest BCUT2D eigenvalue weighted by molar-refractivity contribution is -0.356. The molecule has 114 valence electrons. The van der Waals surface area contributed by atoms with Crippen molar-refractivity contribution in [2.75, 3.05) is 7.11 Å². The van der Waals surface area contributed by atoms with Crippen LogP contribution in [0.5, 0.6) is 0 Å². The zero-order chi connectivity index (χ0) is 15.7. The van der Waals surface area contributed by atoms with Crippen LogP contribution < -0.4 is 10.6 Å². The number of ether oxygens (including phenoxy) is 1. The van der Waals surface area contributed by atoms with Gasteiger partial charge in [-0.25, -0.2) is 27.5 Å². The smallest absolute Gasteiger partial charge is 0.200 e. The predicted octanol–water partition coefficient (Wildman–Crippen LogP) is 0.864.